The molecule has 2 aromatic rings. The maximum atomic E-state index is 12.4. The van der Waals surface area contributed by atoms with E-state index in [-0.39, 0.29) is 11.5 Å². The zero-order chi connectivity index (χ0) is 23.0. The first-order valence-electron chi connectivity index (χ1n) is 10.3. The molecule has 1 heterocycles. The highest BCUT2D eigenvalue weighted by atomic mass is 16.5. The third-order valence-electron chi connectivity index (χ3n) is 4.56. The quantitative estimate of drug-likeness (QED) is 0.323. The molecule has 1 aromatic heterocycles. The topological polar surface area (TPSA) is 94.7 Å². The number of ketones is 2. The zero-order valence-electron chi connectivity index (χ0n) is 18.7. The molecule has 0 bridgehead atoms. The molecule has 2 rings (SSSR count). The largest absolute Gasteiger partial charge is 0.490 e. The van der Waals surface area contributed by atoms with Crippen LogP contribution in [0.5, 0.6) is 11.5 Å². The summed E-state index contributed by atoms with van der Waals surface area (Å²) in [5, 5.41) is 0. The smallest absolute Gasteiger partial charge is 0.331 e. The fourth-order valence-electron chi connectivity index (χ4n) is 3.21. The zero-order valence-corrected chi connectivity index (χ0v) is 18.7. The van der Waals surface area contributed by atoms with Crippen LogP contribution in [0, 0.1) is 13.8 Å². The van der Waals surface area contributed by atoms with Gasteiger partial charge in [-0.2, -0.15) is 0 Å². The van der Waals surface area contributed by atoms with Gasteiger partial charge in [-0.1, -0.05) is 13.0 Å². The summed E-state index contributed by atoms with van der Waals surface area (Å²) in [6, 6.07) is 5.37. The lowest BCUT2D eigenvalue weighted by molar-refractivity contribution is -0.136. The minimum absolute atomic E-state index is 0.122. The Kier molecular flexibility index (Phi) is 8.61. The van der Waals surface area contributed by atoms with Crippen molar-refractivity contribution in [2.24, 2.45) is 0 Å². The van der Waals surface area contributed by atoms with Crippen LogP contribution < -0.4 is 9.47 Å². The van der Waals surface area contributed by atoms with E-state index in [1.165, 1.54) is 13.0 Å². The molecule has 0 radical (unpaired) electrons. The molecular formula is C24H29NO6. The van der Waals surface area contributed by atoms with Gasteiger partial charge in [0.05, 0.1) is 18.9 Å². The monoisotopic (exact) mass is 427 g/mol. The van der Waals surface area contributed by atoms with Gasteiger partial charge in [-0.15, -0.1) is 0 Å². The number of carbonyl (C=O) groups is 3. The maximum absolute atomic E-state index is 12.4. The summed E-state index contributed by atoms with van der Waals surface area (Å²) in [5.41, 5.74) is 2.69. The number of H-pyrrole nitrogens is 1. The van der Waals surface area contributed by atoms with Gasteiger partial charge in [0, 0.05) is 17.3 Å². The fraction of sp³-hybridized carbons (Fsp3) is 0.375. The Balaban J connectivity index is 2.01. The molecule has 0 unspecified atom stereocenters. The molecule has 1 aromatic carbocycles. The number of ether oxygens (including phenoxy) is 3. The van der Waals surface area contributed by atoms with Gasteiger partial charge < -0.3 is 19.2 Å². The van der Waals surface area contributed by atoms with E-state index >= 15 is 0 Å². The first-order valence-corrected chi connectivity index (χ1v) is 10.3. The van der Waals surface area contributed by atoms with Crippen LogP contribution in [0.15, 0.2) is 24.3 Å². The second kappa shape index (κ2) is 11.2. The van der Waals surface area contributed by atoms with E-state index in [0.717, 1.165) is 12.0 Å². The Labute approximate surface area is 182 Å². The van der Waals surface area contributed by atoms with Gasteiger partial charge in [0.15, 0.2) is 23.9 Å². The van der Waals surface area contributed by atoms with Gasteiger partial charge in [-0.05, 0) is 63.5 Å². The van der Waals surface area contributed by atoms with E-state index in [0.29, 0.717) is 41.5 Å². The van der Waals surface area contributed by atoms with Crippen molar-refractivity contribution in [3.05, 3.63) is 52.4 Å². The van der Waals surface area contributed by atoms with E-state index in [2.05, 4.69) is 4.98 Å². The molecule has 0 amide bonds. The van der Waals surface area contributed by atoms with Crippen LogP contribution in [0.4, 0.5) is 0 Å². The summed E-state index contributed by atoms with van der Waals surface area (Å²) in [6.07, 6.45) is 3.71. The number of nitrogens with one attached hydrogen (secondary N) is 1. The number of esters is 1. The van der Waals surface area contributed by atoms with E-state index < -0.39 is 18.4 Å². The average Bonchev–Trinajstić information content (AvgIpc) is 3.04. The molecule has 0 spiro atoms. The highest BCUT2D eigenvalue weighted by molar-refractivity contribution is 6.04. The SMILES string of the molecule is CCCOc1ccc(C=CC(=O)OCC(=O)c2[nH]c(C)c(C(C)=O)c2C)cc1OCC. The average molecular weight is 427 g/mol. The third kappa shape index (κ3) is 6.31. The molecule has 166 valence electrons. The van der Waals surface area contributed by atoms with E-state index in [4.69, 9.17) is 14.2 Å². The van der Waals surface area contributed by atoms with Crippen molar-refractivity contribution in [2.75, 3.05) is 19.8 Å². The Morgan fingerprint density at radius 3 is 2.42 bits per heavy atom. The summed E-state index contributed by atoms with van der Waals surface area (Å²) in [5.74, 6) is 0.0788. The molecule has 7 heteroatoms. The molecule has 0 saturated heterocycles. The minimum Gasteiger partial charge on any atom is -0.490 e. The minimum atomic E-state index is -0.648. The fourth-order valence-corrected chi connectivity index (χ4v) is 3.21. The van der Waals surface area contributed by atoms with Gasteiger partial charge in [-0.3, -0.25) is 9.59 Å². The van der Waals surface area contributed by atoms with E-state index in [1.807, 2.05) is 13.8 Å². The molecule has 0 fully saturated rings. The Bertz CT molecular complexity index is 986. The number of carbonyl (C=O) groups excluding carboxylic acids is 3. The van der Waals surface area contributed by atoms with Crippen molar-refractivity contribution in [1.82, 2.24) is 4.98 Å². The number of hydrogen-bond acceptors (Lipinski definition) is 6. The highest BCUT2D eigenvalue weighted by Crippen LogP contribution is 2.29. The van der Waals surface area contributed by atoms with Gasteiger partial charge in [0.2, 0.25) is 5.78 Å². The number of Topliss-reactive ketones (excluding diaryl/α,β-unsaturated/α-hetero) is 2. The molecule has 31 heavy (non-hydrogen) atoms. The maximum Gasteiger partial charge on any atom is 0.331 e. The molecular weight excluding hydrogens is 398 g/mol. The van der Waals surface area contributed by atoms with Crippen LogP contribution in [0.1, 0.15) is 64.9 Å². The van der Waals surface area contributed by atoms with Crippen molar-refractivity contribution < 1.29 is 28.6 Å². The molecule has 7 nitrogen and oxygen atoms in total. The second-order valence-corrected chi connectivity index (χ2v) is 7.03. The standard InChI is InChI=1S/C24H29NO6/c1-6-12-30-20-10-8-18(13-21(20)29-7-2)9-11-22(28)31-14-19(27)24-15(3)23(17(5)26)16(4)25-24/h8-11,13,25H,6-7,12,14H2,1-5H3. The number of aryl methyl sites for hydroxylation is 1. The predicted molar refractivity (Wildman–Crippen MR) is 118 cm³/mol. The lowest BCUT2D eigenvalue weighted by atomic mass is 10.1. The summed E-state index contributed by atoms with van der Waals surface area (Å²) in [4.78, 5) is 39.1. The van der Waals surface area contributed by atoms with Crippen LogP contribution in [-0.2, 0) is 9.53 Å². The second-order valence-electron chi connectivity index (χ2n) is 7.03. The molecule has 0 atom stereocenters. The lowest BCUT2D eigenvalue weighted by Crippen LogP contribution is -2.14. The predicted octanol–water partition coefficient (Wildman–Crippen LogP) is 4.46. The Morgan fingerprint density at radius 2 is 1.81 bits per heavy atom. The van der Waals surface area contributed by atoms with E-state index in [1.54, 1.807) is 38.1 Å². The molecule has 0 aliphatic rings. The Hall–Kier alpha value is -3.35. The third-order valence-corrected chi connectivity index (χ3v) is 4.56. The molecule has 0 aliphatic carbocycles. The van der Waals surface area contributed by atoms with Crippen LogP contribution >= 0.6 is 0 Å². The van der Waals surface area contributed by atoms with Crippen LogP contribution in [0.25, 0.3) is 6.08 Å². The number of benzene rings is 1. The highest BCUT2D eigenvalue weighted by Gasteiger charge is 2.20. The van der Waals surface area contributed by atoms with Crippen molar-refractivity contribution >= 4 is 23.6 Å². The van der Waals surface area contributed by atoms with Crippen LogP contribution in [0.3, 0.4) is 0 Å². The summed E-state index contributed by atoms with van der Waals surface area (Å²) in [6.45, 7) is 9.42. The molecule has 0 aliphatic heterocycles. The van der Waals surface area contributed by atoms with Crippen LogP contribution in [0.2, 0.25) is 0 Å². The molecule has 0 saturated carbocycles. The number of hydrogen-bond donors (Lipinski definition) is 1. The van der Waals surface area contributed by atoms with Gasteiger partial charge in [0.1, 0.15) is 0 Å². The normalized spacial score (nSPS) is 10.9. The summed E-state index contributed by atoms with van der Waals surface area (Å²) < 4.78 is 16.3. The van der Waals surface area contributed by atoms with Gasteiger partial charge >= 0.3 is 5.97 Å². The van der Waals surface area contributed by atoms with Crippen molar-refractivity contribution in [1.29, 1.82) is 0 Å². The van der Waals surface area contributed by atoms with Crippen LogP contribution in [-0.4, -0.2) is 42.3 Å². The summed E-state index contributed by atoms with van der Waals surface area (Å²) in [7, 11) is 0. The van der Waals surface area contributed by atoms with Crippen molar-refractivity contribution in [3.8, 4) is 11.5 Å². The number of rotatable bonds is 11. The lowest BCUT2D eigenvalue weighted by Gasteiger charge is -2.12. The Morgan fingerprint density at radius 1 is 1.06 bits per heavy atom. The van der Waals surface area contributed by atoms with Gasteiger partial charge in [-0.25, -0.2) is 4.79 Å². The van der Waals surface area contributed by atoms with Gasteiger partial charge in [0.25, 0.3) is 0 Å². The van der Waals surface area contributed by atoms with Crippen molar-refractivity contribution in [2.45, 2.75) is 41.0 Å². The number of aromatic nitrogens is 1. The first-order chi connectivity index (χ1) is 14.8. The van der Waals surface area contributed by atoms with E-state index in [9.17, 15) is 14.4 Å². The molecule has 1 N–H and O–H groups in total. The first kappa shape index (κ1) is 23.9. The number of aromatic amines is 1. The van der Waals surface area contributed by atoms with Crippen molar-refractivity contribution in [3.63, 3.8) is 0 Å². The summed E-state index contributed by atoms with van der Waals surface area (Å²) >= 11 is 0.